The maximum atomic E-state index is 5.97. The maximum absolute atomic E-state index is 5.97. The number of anilines is 1. The van der Waals surface area contributed by atoms with Crippen molar-refractivity contribution in [2.75, 3.05) is 17.7 Å². The molecule has 80 valence electrons. The molecule has 1 heterocycles. The molecule has 3 nitrogen and oxygen atoms in total. The first-order valence-electron chi connectivity index (χ1n) is 5.08. The van der Waals surface area contributed by atoms with Crippen molar-refractivity contribution in [1.82, 2.24) is 9.55 Å². The van der Waals surface area contributed by atoms with Crippen LogP contribution in [0.25, 0.3) is 0 Å². The highest BCUT2D eigenvalue weighted by atomic mass is 32.2. The van der Waals surface area contributed by atoms with Gasteiger partial charge in [0, 0.05) is 6.54 Å². The Morgan fingerprint density at radius 3 is 3.00 bits per heavy atom. The predicted molar refractivity (Wildman–Crippen MR) is 63.6 cm³/mol. The molecule has 0 aliphatic rings. The summed E-state index contributed by atoms with van der Waals surface area (Å²) >= 11 is 1.87. The predicted octanol–water partition coefficient (Wildman–Crippen LogP) is 2.17. The van der Waals surface area contributed by atoms with Crippen molar-refractivity contribution in [3.63, 3.8) is 0 Å². The standard InChI is InChI=1S/C10H19N3S/c1-3-6-13-8-12-9(10(13)11)5-4-7-14-2/h8H,3-7,11H2,1-2H3. The van der Waals surface area contributed by atoms with Gasteiger partial charge in [-0.25, -0.2) is 4.98 Å². The van der Waals surface area contributed by atoms with E-state index in [-0.39, 0.29) is 0 Å². The first-order valence-corrected chi connectivity index (χ1v) is 6.47. The van der Waals surface area contributed by atoms with Gasteiger partial charge in [-0.1, -0.05) is 6.92 Å². The van der Waals surface area contributed by atoms with Crippen molar-refractivity contribution < 1.29 is 0 Å². The van der Waals surface area contributed by atoms with E-state index in [9.17, 15) is 0 Å². The van der Waals surface area contributed by atoms with Crippen LogP contribution in [-0.2, 0) is 13.0 Å². The van der Waals surface area contributed by atoms with Crippen LogP contribution >= 0.6 is 11.8 Å². The van der Waals surface area contributed by atoms with Crippen LogP contribution in [0.15, 0.2) is 6.33 Å². The summed E-state index contributed by atoms with van der Waals surface area (Å²) < 4.78 is 2.04. The Morgan fingerprint density at radius 2 is 2.36 bits per heavy atom. The lowest BCUT2D eigenvalue weighted by Crippen LogP contribution is -2.02. The van der Waals surface area contributed by atoms with Crippen LogP contribution in [0.4, 0.5) is 5.82 Å². The minimum Gasteiger partial charge on any atom is -0.384 e. The molecule has 0 bridgehead atoms. The third-order valence-electron chi connectivity index (χ3n) is 2.18. The molecule has 0 saturated carbocycles. The molecule has 0 amide bonds. The number of hydrogen-bond acceptors (Lipinski definition) is 3. The quantitative estimate of drug-likeness (QED) is 0.737. The van der Waals surface area contributed by atoms with E-state index < -0.39 is 0 Å². The van der Waals surface area contributed by atoms with Crippen LogP contribution in [-0.4, -0.2) is 21.6 Å². The summed E-state index contributed by atoms with van der Waals surface area (Å²) in [6, 6.07) is 0. The van der Waals surface area contributed by atoms with E-state index >= 15 is 0 Å². The molecule has 0 radical (unpaired) electrons. The highest BCUT2D eigenvalue weighted by Gasteiger charge is 2.05. The number of aromatic nitrogens is 2. The highest BCUT2D eigenvalue weighted by molar-refractivity contribution is 7.98. The summed E-state index contributed by atoms with van der Waals surface area (Å²) in [5, 5.41) is 0. The molecule has 1 rings (SSSR count). The number of imidazole rings is 1. The van der Waals surface area contributed by atoms with E-state index in [0.29, 0.717) is 0 Å². The van der Waals surface area contributed by atoms with Crippen molar-refractivity contribution in [3.05, 3.63) is 12.0 Å². The van der Waals surface area contributed by atoms with Crippen LogP contribution in [0.5, 0.6) is 0 Å². The molecule has 1 aromatic heterocycles. The first kappa shape index (κ1) is 11.4. The number of hydrogen-bond donors (Lipinski definition) is 1. The highest BCUT2D eigenvalue weighted by Crippen LogP contribution is 2.13. The van der Waals surface area contributed by atoms with Gasteiger partial charge in [0.05, 0.1) is 12.0 Å². The second-order valence-corrected chi connectivity index (χ2v) is 4.35. The molecular formula is C10H19N3S. The fourth-order valence-electron chi connectivity index (χ4n) is 1.43. The van der Waals surface area contributed by atoms with Crippen molar-refractivity contribution in [3.8, 4) is 0 Å². The van der Waals surface area contributed by atoms with E-state index in [1.165, 1.54) is 5.75 Å². The molecule has 0 fully saturated rings. The van der Waals surface area contributed by atoms with Crippen LogP contribution < -0.4 is 5.73 Å². The zero-order valence-electron chi connectivity index (χ0n) is 8.99. The molecule has 1 aromatic rings. The summed E-state index contributed by atoms with van der Waals surface area (Å²) in [5.74, 6) is 2.04. The fourth-order valence-corrected chi connectivity index (χ4v) is 1.86. The molecule has 0 spiro atoms. The SMILES string of the molecule is CCCn1cnc(CCCSC)c1N. The largest absolute Gasteiger partial charge is 0.384 e. The Balaban J connectivity index is 2.51. The normalized spacial score (nSPS) is 10.7. The lowest BCUT2D eigenvalue weighted by atomic mass is 10.2. The Labute approximate surface area is 90.1 Å². The lowest BCUT2D eigenvalue weighted by molar-refractivity contribution is 0.685. The average Bonchev–Trinajstić information content (AvgIpc) is 2.51. The number of nitrogens with two attached hydrogens (primary N) is 1. The van der Waals surface area contributed by atoms with E-state index in [0.717, 1.165) is 37.3 Å². The zero-order valence-corrected chi connectivity index (χ0v) is 9.81. The number of aryl methyl sites for hydroxylation is 2. The van der Waals surface area contributed by atoms with Gasteiger partial charge >= 0.3 is 0 Å². The number of nitrogen functional groups attached to an aromatic ring is 1. The van der Waals surface area contributed by atoms with Gasteiger partial charge in [-0.15, -0.1) is 0 Å². The monoisotopic (exact) mass is 213 g/mol. The van der Waals surface area contributed by atoms with Crippen molar-refractivity contribution in [2.45, 2.75) is 32.7 Å². The van der Waals surface area contributed by atoms with Crippen LogP contribution in [0.3, 0.4) is 0 Å². The molecular weight excluding hydrogens is 194 g/mol. The molecule has 0 atom stereocenters. The van der Waals surface area contributed by atoms with Gasteiger partial charge in [0.2, 0.25) is 0 Å². The Morgan fingerprint density at radius 1 is 1.57 bits per heavy atom. The molecule has 0 unspecified atom stereocenters. The Hall–Kier alpha value is -0.640. The molecule has 14 heavy (non-hydrogen) atoms. The maximum Gasteiger partial charge on any atom is 0.126 e. The number of rotatable bonds is 6. The van der Waals surface area contributed by atoms with E-state index in [1.807, 2.05) is 22.7 Å². The third-order valence-corrected chi connectivity index (χ3v) is 2.88. The molecule has 2 N–H and O–H groups in total. The van der Waals surface area contributed by atoms with Crippen LogP contribution in [0, 0.1) is 0 Å². The number of nitrogens with zero attached hydrogens (tertiary/aromatic N) is 2. The van der Waals surface area contributed by atoms with Gasteiger partial charge in [0.25, 0.3) is 0 Å². The molecule has 0 saturated heterocycles. The van der Waals surface area contributed by atoms with Crippen molar-refractivity contribution in [1.29, 1.82) is 0 Å². The summed E-state index contributed by atoms with van der Waals surface area (Å²) in [6.45, 7) is 3.12. The molecule has 4 heteroatoms. The van der Waals surface area contributed by atoms with Crippen molar-refractivity contribution >= 4 is 17.6 Å². The van der Waals surface area contributed by atoms with Gasteiger partial charge in [0.15, 0.2) is 0 Å². The van der Waals surface area contributed by atoms with Crippen LogP contribution in [0.2, 0.25) is 0 Å². The zero-order chi connectivity index (χ0) is 10.4. The van der Waals surface area contributed by atoms with Crippen LogP contribution in [0.1, 0.15) is 25.5 Å². The Kier molecular flexibility index (Phi) is 4.87. The lowest BCUT2D eigenvalue weighted by Gasteiger charge is -2.03. The summed E-state index contributed by atoms with van der Waals surface area (Å²) in [4.78, 5) is 4.33. The summed E-state index contributed by atoms with van der Waals surface area (Å²) in [6.07, 6.45) is 7.25. The van der Waals surface area contributed by atoms with Gasteiger partial charge in [-0.3, -0.25) is 0 Å². The van der Waals surface area contributed by atoms with Gasteiger partial charge in [0.1, 0.15) is 5.82 Å². The van der Waals surface area contributed by atoms with Gasteiger partial charge < -0.3 is 10.3 Å². The van der Waals surface area contributed by atoms with Gasteiger partial charge in [-0.2, -0.15) is 11.8 Å². The van der Waals surface area contributed by atoms with E-state index in [2.05, 4.69) is 18.2 Å². The smallest absolute Gasteiger partial charge is 0.126 e. The minimum absolute atomic E-state index is 0.855. The molecule has 0 aromatic carbocycles. The topological polar surface area (TPSA) is 43.8 Å². The van der Waals surface area contributed by atoms with Crippen molar-refractivity contribution in [2.24, 2.45) is 0 Å². The molecule has 0 aliphatic carbocycles. The summed E-state index contributed by atoms with van der Waals surface area (Å²) in [7, 11) is 0. The average molecular weight is 213 g/mol. The Bertz CT molecular complexity index is 270. The fraction of sp³-hybridized carbons (Fsp3) is 0.700. The van der Waals surface area contributed by atoms with Gasteiger partial charge in [-0.05, 0) is 31.3 Å². The number of thioether (sulfide) groups is 1. The first-order chi connectivity index (χ1) is 6.79. The second-order valence-electron chi connectivity index (χ2n) is 3.37. The molecule has 0 aliphatic heterocycles. The minimum atomic E-state index is 0.855. The third kappa shape index (κ3) is 2.94. The van der Waals surface area contributed by atoms with E-state index in [1.54, 1.807) is 0 Å². The van der Waals surface area contributed by atoms with E-state index in [4.69, 9.17) is 5.73 Å². The summed E-state index contributed by atoms with van der Waals surface area (Å²) in [5.41, 5.74) is 7.03. The second kappa shape index (κ2) is 5.96.